The zero-order valence-corrected chi connectivity index (χ0v) is 9.52. The predicted octanol–water partition coefficient (Wildman–Crippen LogP) is -2.00. The van der Waals surface area contributed by atoms with Crippen molar-refractivity contribution in [1.29, 1.82) is 0 Å². The fourth-order valence-electron chi connectivity index (χ4n) is 1.33. The highest BCUT2D eigenvalue weighted by atomic mass is 16.1. The van der Waals surface area contributed by atoms with Crippen LogP contribution in [0, 0.1) is 0 Å². The Kier molecular flexibility index (Phi) is 10.1. The van der Waals surface area contributed by atoms with Crippen LogP contribution in [0.25, 0.3) is 0 Å². The maximum absolute atomic E-state index is 10.7. The number of nitrogens with one attached hydrogen (secondary N) is 2. The van der Waals surface area contributed by atoms with Crippen molar-refractivity contribution in [2.45, 2.75) is 24.9 Å². The standard InChI is InChI=1S/C10H22N4O2/c11-3-5-13-9(7-15)1-2-10(8-16)14-6-4-12/h7-10,13-14H,1-6,11-12H2. The van der Waals surface area contributed by atoms with Crippen LogP contribution in [0.1, 0.15) is 12.8 Å². The molecule has 0 bridgehead atoms. The van der Waals surface area contributed by atoms with Gasteiger partial charge in [0.2, 0.25) is 0 Å². The van der Waals surface area contributed by atoms with E-state index in [-0.39, 0.29) is 12.1 Å². The minimum Gasteiger partial charge on any atom is -0.329 e. The smallest absolute Gasteiger partial charge is 0.136 e. The third-order valence-electron chi connectivity index (χ3n) is 2.22. The van der Waals surface area contributed by atoms with Gasteiger partial charge in [-0.1, -0.05) is 0 Å². The Hall–Kier alpha value is -0.820. The van der Waals surface area contributed by atoms with Crippen LogP contribution in [0.15, 0.2) is 0 Å². The van der Waals surface area contributed by atoms with Crippen molar-refractivity contribution < 1.29 is 9.59 Å². The Morgan fingerprint density at radius 3 is 1.50 bits per heavy atom. The Labute approximate surface area is 96.1 Å². The van der Waals surface area contributed by atoms with E-state index >= 15 is 0 Å². The largest absolute Gasteiger partial charge is 0.329 e. The average molecular weight is 230 g/mol. The van der Waals surface area contributed by atoms with Crippen molar-refractivity contribution in [2.24, 2.45) is 11.5 Å². The first kappa shape index (κ1) is 15.2. The molecule has 0 spiro atoms. The summed E-state index contributed by atoms with van der Waals surface area (Å²) >= 11 is 0. The van der Waals surface area contributed by atoms with E-state index in [1.807, 2.05) is 0 Å². The van der Waals surface area contributed by atoms with Crippen LogP contribution in [0.2, 0.25) is 0 Å². The number of carbonyl (C=O) groups excluding carboxylic acids is 2. The molecule has 0 saturated carbocycles. The van der Waals surface area contributed by atoms with Crippen molar-refractivity contribution >= 4 is 12.6 Å². The first-order valence-electron chi connectivity index (χ1n) is 5.56. The van der Waals surface area contributed by atoms with Crippen LogP contribution < -0.4 is 22.1 Å². The van der Waals surface area contributed by atoms with Crippen LogP contribution in [0.3, 0.4) is 0 Å². The Morgan fingerprint density at radius 2 is 1.25 bits per heavy atom. The van der Waals surface area contributed by atoms with Gasteiger partial charge in [-0.25, -0.2) is 0 Å². The molecule has 6 heteroatoms. The monoisotopic (exact) mass is 230 g/mol. The van der Waals surface area contributed by atoms with Gasteiger partial charge < -0.3 is 31.7 Å². The molecule has 0 heterocycles. The second kappa shape index (κ2) is 10.7. The topological polar surface area (TPSA) is 110 Å². The molecular weight excluding hydrogens is 208 g/mol. The van der Waals surface area contributed by atoms with Crippen LogP contribution in [0.5, 0.6) is 0 Å². The molecule has 2 unspecified atom stereocenters. The van der Waals surface area contributed by atoms with Gasteiger partial charge in [-0.15, -0.1) is 0 Å². The van der Waals surface area contributed by atoms with Gasteiger partial charge in [0.15, 0.2) is 0 Å². The van der Waals surface area contributed by atoms with E-state index < -0.39 is 0 Å². The van der Waals surface area contributed by atoms with Gasteiger partial charge in [-0.2, -0.15) is 0 Å². The van der Waals surface area contributed by atoms with Gasteiger partial charge in [0.25, 0.3) is 0 Å². The molecular formula is C10H22N4O2. The molecule has 6 N–H and O–H groups in total. The van der Waals surface area contributed by atoms with Gasteiger partial charge in [-0.3, -0.25) is 0 Å². The number of carbonyl (C=O) groups is 2. The minimum absolute atomic E-state index is 0.231. The molecule has 0 saturated heterocycles. The van der Waals surface area contributed by atoms with E-state index in [0.29, 0.717) is 39.0 Å². The minimum atomic E-state index is -0.231. The number of nitrogens with two attached hydrogens (primary N) is 2. The first-order valence-corrected chi connectivity index (χ1v) is 5.56. The molecule has 0 aromatic carbocycles. The summed E-state index contributed by atoms with van der Waals surface area (Å²) in [5.74, 6) is 0. The van der Waals surface area contributed by atoms with Gasteiger partial charge in [0, 0.05) is 26.2 Å². The van der Waals surface area contributed by atoms with Crippen molar-refractivity contribution in [3.8, 4) is 0 Å². The summed E-state index contributed by atoms with van der Waals surface area (Å²) < 4.78 is 0. The second-order valence-electron chi connectivity index (χ2n) is 3.55. The van der Waals surface area contributed by atoms with Crippen LogP contribution in [-0.4, -0.2) is 50.8 Å². The molecule has 0 aromatic heterocycles. The molecule has 94 valence electrons. The number of hydrogen-bond acceptors (Lipinski definition) is 6. The van der Waals surface area contributed by atoms with E-state index in [4.69, 9.17) is 11.5 Å². The van der Waals surface area contributed by atoms with Crippen LogP contribution in [-0.2, 0) is 9.59 Å². The van der Waals surface area contributed by atoms with Crippen molar-refractivity contribution in [3.63, 3.8) is 0 Å². The number of aldehydes is 2. The molecule has 0 aromatic rings. The van der Waals surface area contributed by atoms with E-state index in [1.165, 1.54) is 0 Å². The van der Waals surface area contributed by atoms with Gasteiger partial charge in [0.05, 0.1) is 12.1 Å². The summed E-state index contributed by atoms with van der Waals surface area (Å²) in [7, 11) is 0. The fraction of sp³-hybridized carbons (Fsp3) is 0.800. The molecule has 0 aliphatic carbocycles. The van der Waals surface area contributed by atoms with E-state index in [1.54, 1.807) is 0 Å². The lowest BCUT2D eigenvalue weighted by Gasteiger charge is -2.15. The summed E-state index contributed by atoms with van der Waals surface area (Å²) in [6.45, 7) is 2.19. The van der Waals surface area contributed by atoms with Crippen LogP contribution >= 0.6 is 0 Å². The lowest BCUT2D eigenvalue weighted by molar-refractivity contribution is -0.111. The molecule has 0 rings (SSSR count). The Morgan fingerprint density at radius 1 is 0.875 bits per heavy atom. The summed E-state index contributed by atoms with van der Waals surface area (Å²) in [4.78, 5) is 21.4. The van der Waals surface area contributed by atoms with Crippen molar-refractivity contribution in [3.05, 3.63) is 0 Å². The zero-order chi connectivity index (χ0) is 12.2. The van der Waals surface area contributed by atoms with Gasteiger partial charge >= 0.3 is 0 Å². The molecule has 6 nitrogen and oxygen atoms in total. The predicted molar refractivity (Wildman–Crippen MR) is 63.1 cm³/mol. The third-order valence-corrected chi connectivity index (χ3v) is 2.22. The summed E-state index contributed by atoms with van der Waals surface area (Å²) in [6.07, 6.45) is 2.93. The quantitative estimate of drug-likeness (QED) is 0.306. The van der Waals surface area contributed by atoms with E-state index in [9.17, 15) is 9.59 Å². The highest BCUT2D eigenvalue weighted by molar-refractivity contribution is 5.59. The van der Waals surface area contributed by atoms with Crippen molar-refractivity contribution in [1.82, 2.24) is 10.6 Å². The third kappa shape index (κ3) is 7.47. The Balaban J connectivity index is 3.77. The molecule has 16 heavy (non-hydrogen) atoms. The molecule has 2 atom stereocenters. The lowest BCUT2D eigenvalue weighted by atomic mass is 10.1. The maximum Gasteiger partial charge on any atom is 0.136 e. The van der Waals surface area contributed by atoms with Gasteiger partial charge in [0.1, 0.15) is 12.6 Å². The van der Waals surface area contributed by atoms with E-state index in [2.05, 4.69) is 10.6 Å². The lowest BCUT2D eigenvalue weighted by Crippen LogP contribution is -2.38. The SMILES string of the molecule is NCCNC(C=O)CCC(C=O)NCCN. The van der Waals surface area contributed by atoms with Gasteiger partial charge in [-0.05, 0) is 12.8 Å². The van der Waals surface area contributed by atoms with E-state index in [0.717, 1.165) is 12.6 Å². The summed E-state index contributed by atoms with van der Waals surface area (Å²) in [5.41, 5.74) is 10.6. The average Bonchev–Trinajstić information content (AvgIpc) is 2.33. The normalized spacial score (nSPS) is 14.4. The number of hydrogen-bond donors (Lipinski definition) is 4. The zero-order valence-electron chi connectivity index (χ0n) is 9.52. The molecule has 0 radical (unpaired) electrons. The maximum atomic E-state index is 10.7. The molecule has 0 aliphatic rings. The molecule has 0 aliphatic heterocycles. The summed E-state index contributed by atoms with van der Waals surface area (Å²) in [5, 5.41) is 5.99. The van der Waals surface area contributed by atoms with Crippen LogP contribution in [0.4, 0.5) is 0 Å². The molecule has 0 fully saturated rings. The second-order valence-corrected chi connectivity index (χ2v) is 3.55. The highest BCUT2D eigenvalue weighted by Gasteiger charge is 2.11. The fourth-order valence-corrected chi connectivity index (χ4v) is 1.33. The summed E-state index contributed by atoms with van der Waals surface area (Å²) in [6, 6.07) is -0.462. The highest BCUT2D eigenvalue weighted by Crippen LogP contribution is 1.98. The first-order chi connectivity index (χ1) is 7.78. The number of rotatable bonds is 11. The van der Waals surface area contributed by atoms with Crippen molar-refractivity contribution in [2.75, 3.05) is 26.2 Å². The molecule has 0 amide bonds. The Bertz CT molecular complexity index is 170.